The van der Waals surface area contributed by atoms with Crippen LogP contribution in [0.4, 0.5) is 4.79 Å². The van der Waals surface area contributed by atoms with Gasteiger partial charge in [0, 0.05) is 6.54 Å². The maximum Gasteiger partial charge on any atom is 0.410 e. The summed E-state index contributed by atoms with van der Waals surface area (Å²) in [6, 6.07) is 18.0. The molecule has 0 bridgehead atoms. The van der Waals surface area contributed by atoms with Crippen molar-refractivity contribution < 1.29 is 14.3 Å². The summed E-state index contributed by atoms with van der Waals surface area (Å²) in [4.78, 5) is 13.4. The lowest BCUT2D eigenvalue weighted by Crippen LogP contribution is -2.24. The minimum Gasteiger partial charge on any atom is -0.486 e. The molecule has 2 aromatic rings. The van der Waals surface area contributed by atoms with Crippen molar-refractivity contribution in [2.24, 2.45) is 0 Å². The Labute approximate surface area is 136 Å². The van der Waals surface area contributed by atoms with E-state index in [1.807, 2.05) is 56.3 Å². The molecule has 2 aromatic carbocycles. The lowest BCUT2D eigenvalue weighted by atomic mass is 10.1. The highest BCUT2D eigenvalue weighted by molar-refractivity contribution is 5.69. The van der Waals surface area contributed by atoms with Crippen LogP contribution in [0.5, 0.6) is 5.75 Å². The summed E-state index contributed by atoms with van der Waals surface area (Å²) in [5, 5.41) is 0. The number of amides is 1. The van der Waals surface area contributed by atoms with Gasteiger partial charge in [0.05, 0.1) is 6.54 Å². The number of hydrogen-bond acceptors (Lipinski definition) is 3. The first-order chi connectivity index (χ1) is 11.1. The van der Waals surface area contributed by atoms with Gasteiger partial charge >= 0.3 is 6.09 Å². The predicted molar refractivity (Wildman–Crippen MR) is 88.3 cm³/mol. The van der Waals surface area contributed by atoms with Crippen molar-refractivity contribution in [3.8, 4) is 5.75 Å². The molecule has 1 fully saturated rings. The summed E-state index contributed by atoms with van der Waals surface area (Å²) in [7, 11) is 0. The van der Waals surface area contributed by atoms with Gasteiger partial charge in [-0.3, -0.25) is 0 Å². The molecule has 1 amide bonds. The fourth-order valence-corrected chi connectivity index (χ4v) is 2.69. The summed E-state index contributed by atoms with van der Waals surface area (Å²) in [6.07, 6.45) is -0.274. The van der Waals surface area contributed by atoms with Crippen LogP contribution in [-0.2, 0) is 11.3 Å². The summed E-state index contributed by atoms with van der Waals surface area (Å²) >= 11 is 0. The highest BCUT2D eigenvalue weighted by Crippen LogP contribution is 2.23. The largest absolute Gasteiger partial charge is 0.486 e. The van der Waals surface area contributed by atoms with E-state index in [-0.39, 0.29) is 18.3 Å². The second-order valence-electron chi connectivity index (χ2n) is 5.89. The molecule has 2 atom stereocenters. The molecule has 1 aliphatic rings. The van der Waals surface area contributed by atoms with E-state index in [9.17, 15) is 4.79 Å². The van der Waals surface area contributed by atoms with E-state index in [1.54, 1.807) is 4.90 Å². The van der Waals surface area contributed by atoms with Gasteiger partial charge in [-0.05, 0) is 37.1 Å². The molecule has 4 heteroatoms. The fourth-order valence-electron chi connectivity index (χ4n) is 2.69. The summed E-state index contributed by atoms with van der Waals surface area (Å²) in [5.41, 5.74) is 2.21. The zero-order chi connectivity index (χ0) is 16.2. The fraction of sp³-hybridized carbons (Fsp3) is 0.316. The minimum absolute atomic E-state index is 0.00328. The van der Waals surface area contributed by atoms with Crippen LogP contribution in [-0.4, -0.2) is 23.6 Å². The first kappa shape index (κ1) is 15.4. The molecule has 0 saturated carbocycles. The smallest absolute Gasteiger partial charge is 0.410 e. The molecule has 0 aliphatic carbocycles. The molecule has 0 aromatic heterocycles. The monoisotopic (exact) mass is 311 g/mol. The number of benzene rings is 2. The van der Waals surface area contributed by atoms with Crippen molar-refractivity contribution >= 4 is 6.09 Å². The van der Waals surface area contributed by atoms with Gasteiger partial charge in [0.2, 0.25) is 0 Å². The molecule has 4 nitrogen and oxygen atoms in total. The second-order valence-corrected chi connectivity index (χ2v) is 5.89. The number of carbonyl (C=O) groups is 1. The third-order valence-electron chi connectivity index (χ3n) is 3.92. The number of ether oxygens (including phenoxy) is 2. The molecule has 0 unspecified atom stereocenters. The topological polar surface area (TPSA) is 38.8 Å². The number of cyclic esters (lactones) is 1. The van der Waals surface area contributed by atoms with Crippen molar-refractivity contribution in [3.63, 3.8) is 0 Å². The molecule has 0 spiro atoms. The predicted octanol–water partition coefficient (Wildman–Crippen LogP) is 4.17. The van der Waals surface area contributed by atoms with Crippen LogP contribution in [0.2, 0.25) is 0 Å². The number of carbonyl (C=O) groups excluding carboxylic acids is 1. The average Bonchev–Trinajstić information content (AvgIpc) is 2.87. The summed E-state index contributed by atoms with van der Waals surface area (Å²) in [6.45, 7) is 5.14. The summed E-state index contributed by atoms with van der Waals surface area (Å²) in [5.74, 6) is 0.822. The molecule has 1 heterocycles. The molecule has 120 valence electrons. The van der Waals surface area contributed by atoms with Crippen molar-refractivity contribution in [3.05, 3.63) is 65.7 Å². The Morgan fingerprint density at radius 2 is 1.87 bits per heavy atom. The molecule has 23 heavy (non-hydrogen) atoms. The van der Waals surface area contributed by atoms with Gasteiger partial charge < -0.3 is 14.4 Å². The number of hydrogen-bond donors (Lipinski definition) is 0. The van der Waals surface area contributed by atoms with Gasteiger partial charge in [0.25, 0.3) is 0 Å². The van der Waals surface area contributed by atoms with Gasteiger partial charge in [-0.2, -0.15) is 0 Å². The van der Waals surface area contributed by atoms with Crippen LogP contribution in [0.25, 0.3) is 0 Å². The van der Waals surface area contributed by atoms with E-state index in [2.05, 4.69) is 12.1 Å². The van der Waals surface area contributed by atoms with Gasteiger partial charge in [0.1, 0.15) is 18.0 Å². The Kier molecular flexibility index (Phi) is 4.51. The SMILES string of the molecule is C[C@@H]1CN(Cc2ccc(O[C@@H](C)c3ccccc3)cc2)C(=O)O1. The van der Waals surface area contributed by atoms with Gasteiger partial charge in [-0.25, -0.2) is 4.79 Å². The minimum atomic E-state index is -0.240. The van der Waals surface area contributed by atoms with E-state index >= 15 is 0 Å². The van der Waals surface area contributed by atoms with E-state index in [1.165, 1.54) is 0 Å². The molecular formula is C19H21NO3. The van der Waals surface area contributed by atoms with Gasteiger partial charge in [-0.15, -0.1) is 0 Å². The lowest BCUT2D eigenvalue weighted by molar-refractivity contribution is 0.137. The number of rotatable bonds is 5. The first-order valence-electron chi connectivity index (χ1n) is 7.88. The highest BCUT2D eigenvalue weighted by atomic mass is 16.6. The van der Waals surface area contributed by atoms with E-state index < -0.39 is 0 Å². The highest BCUT2D eigenvalue weighted by Gasteiger charge is 2.27. The zero-order valence-corrected chi connectivity index (χ0v) is 13.4. The maximum atomic E-state index is 11.6. The Balaban J connectivity index is 1.60. The summed E-state index contributed by atoms with van der Waals surface area (Å²) < 4.78 is 11.1. The van der Waals surface area contributed by atoms with Crippen LogP contribution < -0.4 is 4.74 Å². The van der Waals surface area contributed by atoms with Gasteiger partial charge in [0.15, 0.2) is 0 Å². The molecule has 1 aliphatic heterocycles. The van der Waals surface area contributed by atoms with Crippen molar-refractivity contribution in [1.29, 1.82) is 0 Å². The maximum absolute atomic E-state index is 11.6. The van der Waals surface area contributed by atoms with Crippen LogP contribution in [0.15, 0.2) is 54.6 Å². The van der Waals surface area contributed by atoms with Crippen molar-refractivity contribution in [2.45, 2.75) is 32.6 Å². The van der Waals surface area contributed by atoms with Crippen LogP contribution in [0, 0.1) is 0 Å². The van der Waals surface area contributed by atoms with Crippen molar-refractivity contribution in [2.75, 3.05) is 6.54 Å². The quantitative estimate of drug-likeness (QED) is 0.832. The van der Waals surface area contributed by atoms with Crippen LogP contribution in [0.3, 0.4) is 0 Å². The Morgan fingerprint density at radius 1 is 1.17 bits per heavy atom. The molecule has 3 rings (SSSR count). The van der Waals surface area contributed by atoms with Crippen LogP contribution in [0.1, 0.15) is 31.1 Å². The van der Waals surface area contributed by atoms with Crippen LogP contribution >= 0.6 is 0 Å². The Bertz CT molecular complexity index is 654. The molecule has 0 N–H and O–H groups in total. The first-order valence-corrected chi connectivity index (χ1v) is 7.88. The van der Waals surface area contributed by atoms with E-state index in [4.69, 9.17) is 9.47 Å². The van der Waals surface area contributed by atoms with E-state index in [0.717, 1.165) is 16.9 Å². The lowest BCUT2D eigenvalue weighted by Gasteiger charge is -2.16. The Hall–Kier alpha value is -2.49. The third-order valence-corrected chi connectivity index (χ3v) is 3.92. The second kappa shape index (κ2) is 6.73. The van der Waals surface area contributed by atoms with Gasteiger partial charge in [-0.1, -0.05) is 42.5 Å². The standard InChI is InChI=1S/C19H21NO3/c1-14-12-20(19(21)22-14)13-16-8-10-18(11-9-16)23-15(2)17-6-4-3-5-7-17/h3-11,14-15H,12-13H2,1-2H3/t14-,15+/m1/s1. The molecular weight excluding hydrogens is 290 g/mol. The third kappa shape index (κ3) is 3.83. The van der Waals surface area contributed by atoms with E-state index in [0.29, 0.717) is 13.1 Å². The van der Waals surface area contributed by atoms with Crippen molar-refractivity contribution in [1.82, 2.24) is 4.90 Å². The zero-order valence-electron chi connectivity index (χ0n) is 13.4. The average molecular weight is 311 g/mol. The molecule has 1 saturated heterocycles. The number of nitrogens with zero attached hydrogens (tertiary/aromatic N) is 1. The normalized spacial score (nSPS) is 18.6. The Morgan fingerprint density at radius 3 is 2.48 bits per heavy atom. The molecule has 0 radical (unpaired) electrons.